The molecule has 4 rings (SSSR count). The van der Waals surface area contributed by atoms with Crippen LogP contribution in [-0.2, 0) is 14.6 Å². The molecular formula is C27H26FN3O6S2. The third-order valence-electron chi connectivity index (χ3n) is 5.76. The fourth-order valence-corrected chi connectivity index (χ4v) is 5.50. The summed E-state index contributed by atoms with van der Waals surface area (Å²) in [6, 6.07) is 13.4. The zero-order valence-corrected chi connectivity index (χ0v) is 23.2. The number of carbonyl (C=O) groups is 1. The van der Waals surface area contributed by atoms with Gasteiger partial charge in [-0.25, -0.2) is 17.8 Å². The van der Waals surface area contributed by atoms with Gasteiger partial charge in [0.25, 0.3) is 5.91 Å². The minimum absolute atomic E-state index is 0.0709. The van der Waals surface area contributed by atoms with Gasteiger partial charge in [0.1, 0.15) is 0 Å². The van der Waals surface area contributed by atoms with E-state index < -0.39 is 27.7 Å². The largest absolute Gasteiger partial charge is 0.493 e. The van der Waals surface area contributed by atoms with Crippen LogP contribution in [0.15, 0.2) is 64.5 Å². The summed E-state index contributed by atoms with van der Waals surface area (Å²) in [7, 11) is 1.15. The molecule has 1 atom stereocenters. The first-order chi connectivity index (χ1) is 18.7. The molecule has 0 saturated carbocycles. The molecule has 12 heteroatoms. The minimum Gasteiger partial charge on any atom is -0.493 e. The molecule has 0 saturated heterocycles. The number of aliphatic imine (C=N–C) groups is 1. The summed E-state index contributed by atoms with van der Waals surface area (Å²) in [5.41, 5.74) is 1.43. The van der Waals surface area contributed by atoms with Crippen molar-refractivity contribution >= 4 is 48.6 Å². The van der Waals surface area contributed by atoms with E-state index in [-0.39, 0.29) is 21.5 Å². The van der Waals surface area contributed by atoms with Crippen molar-refractivity contribution in [2.75, 3.05) is 32.3 Å². The van der Waals surface area contributed by atoms with Crippen molar-refractivity contribution in [3.05, 3.63) is 71.5 Å². The first-order valence-corrected chi connectivity index (χ1v) is 14.2. The molecule has 39 heavy (non-hydrogen) atoms. The molecule has 1 aromatic heterocycles. The van der Waals surface area contributed by atoms with Crippen molar-refractivity contribution in [3.8, 4) is 17.2 Å². The molecule has 1 N–H and O–H groups in total. The summed E-state index contributed by atoms with van der Waals surface area (Å²) in [6.07, 6.45) is 0.167. The number of hydrogen-bond acceptors (Lipinski definition) is 9. The van der Waals surface area contributed by atoms with Crippen molar-refractivity contribution in [3.63, 3.8) is 0 Å². The van der Waals surface area contributed by atoms with Crippen molar-refractivity contribution in [2.24, 2.45) is 4.99 Å². The van der Waals surface area contributed by atoms with E-state index in [2.05, 4.69) is 15.3 Å². The highest BCUT2D eigenvalue weighted by atomic mass is 32.2. The number of carbonyl (C=O) groups excluding carboxylic acids is 1. The fraction of sp³-hybridized carbons (Fsp3) is 0.222. The number of ether oxygens (including phenoxy) is 3. The van der Waals surface area contributed by atoms with Gasteiger partial charge in [-0.05, 0) is 35.9 Å². The third-order valence-corrected chi connectivity index (χ3v) is 8.45. The van der Waals surface area contributed by atoms with Crippen molar-refractivity contribution < 1.29 is 31.8 Å². The van der Waals surface area contributed by atoms with Gasteiger partial charge >= 0.3 is 0 Å². The van der Waals surface area contributed by atoms with Crippen molar-refractivity contribution in [1.29, 1.82) is 0 Å². The number of thiazole rings is 1. The Morgan fingerprint density at radius 2 is 1.77 bits per heavy atom. The predicted molar refractivity (Wildman–Crippen MR) is 149 cm³/mol. The molecule has 0 bridgehead atoms. The maximum Gasteiger partial charge on any atom is 0.271 e. The van der Waals surface area contributed by atoms with E-state index in [0.717, 1.165) is 4.70 Å². The number of nitrogens with zero attached hydrogens (tertiary/aromatic N) is 2. The van der Waals surface area contributed by atoms with E-state index in [4.69, 9.17) is 14.2 Å². The number of sulfone groups is 1. The minimum atomic E-state index is -3.45. The number of benzene rings is 3. The van der Waals surface area contributed by atoms with Crippen molar-refractivity contribution in [1.82, 2.24) is 4.98 Å². The molecule has 0 aliphatic rings. The Bertz CT molecular complexity index is 1590. The first-order valence-electron chi connectivity index (χ1n) is 11.7. The fourth-order valence-electron chi connectivity index (χ4n) is 3.74. The third kappa shape index (κ3) is 6.18. The van der Waals surface area contributed by atoms with Crippen LogP contribution in [0.25, 0.3) is 10.2 Å². The highest BCUT2D eigenvalue weighted by Crippen LogP contribution is 2.36. The number of rotatable bonds is 10. The van der Waals surface area contributed by atoms with Crippen LogP contribution in [0.5, 0.6) is 17.2 Å². The Balaban J connectivity index is 1.68. The second kappa shape index (κ2) is 11.8. The van der Waals surface area contributed by atoms with Gasteiger partial charge in [0.2, 0.25) is 6.10 Å². The lowest BCUT2D eigenvalue weighted by Gasteiger charge is -2.19. The molecule has 1 heterocycles. The van der Waals surface area contributed by atoms with Crippen LogP contribution in [0.1, 0.15) is 24.2 Å². The highest BCUT2D eigenvalue weighted by molar-refractivity contribution is 7.91. The molecule has 4 aromatic rings. The Morgan fingerprint density at radius 3 is 2.38 bits per heavy atom. The second-order valence-corrected chi connectivity index (χ2v) is 11.5. The lowest BCUT2D eigenvalue weighted by atomic mass is 10.1. The summed E-state index contributed by atoms with van der Waals surface area (Å²) < 4.78 is 56.6. The van der Waals surface area contributed by atoms with E-state index in [1.165, 1.54) is 68.2 Å². The normalized spacial score (nSPS) is 12.4. The Hall–Kier alpha value is -4.03. The van der Waals surface area contributed by atoms with Crippen LogP contribution < -0.4 is 19.5 Å². The molecule has 0 aliphatic carbocycles. The quantitative estimate of drug-likeness (QED) is 0.265. The zero-order chi connectivity index (χ0) is 28.2. The number of amides is 1. The summed E-state index contributed by atoms with van der Waals surface area (Å²) in [5.74, 6) is -0.538. The summed E-state index contributed by atoms with van der Waals surface area (Å²) >= 11 is 1.21. The van der Waals surface area contributed by atoms with E-state index in [9.17, 15) is 17.6 Å². The monoisotopic (exact) mass is 571 g/mol. The predicted octanol–water partition coefficient (Wildman–Crippen LogP) is 5.05. The van der Waals surface area contributed by atoms with Gasteiger partial charge in [-0.3, -0.25) is 15.1 Å². The maximum atomic E-state index is 14.9. The van der Waals surface area contributed by atoms with E-state index in [1.54, 1.807) is 32.2 Å². The lowest BCUT2D eigenvalue weighted by molar-refractivity contribution is -0.123. The highest BCUT2D eigenvalue weighted by Gasteiger charge is 2.26. The number of fused-ring (bicyclic) bond motifs is 1. The first kappa shape index (κ1) is 28.0. The number of hydrogen-bond donors (Lipinski definition) is 1. The number of nitrogens with one attached hydrogen (secondary N) is 1. The van der Waals surface area contributed by atoms with E-state index >= 15 is 0 Å². The topological polar surface area (TPSA) is 116 Å². The van der Waals surface area contributed by atoms with Gasteiger partial charge in [-0.15, -0.1) is 0 Å². The van der Waals surface area contributed by atoms with Gasteiger partial charge < -0.3 is 14.2 Å². The zero-order valence-electron chi connectivity index (χ0n) is 21.6. The van der Waals surface area contributed by atoms with Crippen LogP contribution in [0.3, 0.4) is 0 Å². The Labute approximate surface area is 229 Å². The van der Waals surface area contributed by atoms with Gasteiger partial charge in [0.15, 0.2) is 38.0 Å². The summed E-state index contributed by atoms with van der Waals surface area (Å²) in [5, 5.41) is 3.01. The summed E-state index contributed by atoms with van der Waals surface area (Å²) in [6.45, 7) is 1.54. The van der Waals surface area contributed by atoms with E-state index in [0.29, 0.717) is 28.1 Å². The lowest BCUT2D eigenvalue weighted by Crippen LogP contribution is -2.26. The molecule has 0 aliphatic heterocycles. The van der Waals surface area contributed by atoms with Crippen LogP contribution in [0.4, 0.5) is 9.52 Å². The average molecular weight is 572 g/mol. The molecule has 1 amide bonds. The average Bonchev–Trinajstić information content (AvgIpc) is 3.32. The number of methoxy groups -OCH3 is 2. The molecule has 0 radical (unpaired) electrons. The van der Waals surface area contributed by atoms with Crippen LogP contribution in [-0.4, -0.2) is 52.5 Å². The standard InChI is InChI=1S/C27H26FN3O6S2/c1-5-39(33,34)18-9-7-17(8-10-18)25(37-21-11-6-16(15-29-2)12-19(21)28)26(32)31-27-30-20-13-22(35-3)23(36-4)14-24(20)38-27/h6-15,25H,5H2,1-4H3,(H,30,31,32). The number of aromatic nitrogens is 1. The van der Waals surface area contributed by atoms with Crippen LogP contribution in [0, 0.1) is 5.82 Å². The van der Waals surface area contributed by atoms with Crippen molar-refractivity contribution in [2.45, 2.75) is 17.9 Å². The van der Waals surface area contributed by atoms with Crippen LogP contribution >= 0.6 is 11.3 Å². The Morgan fingerprint density at radius 1 is 1.08 bits per heavy atom. The number of halogens is 1. The molecule has 1 unspecified atom stereocenters. The molecule has 0 fully saturated rings. The molecule has 0 spiro atoms. The van der Waals surface area contributed by atoms with Gasteiger partial charge in [-0.1, -0.05) is 30.4 Å². The Kier molecular flexibility index (Phi) is 8.46. The molecule has 9 nitrogen and oxygen atoms in total. The number of anilines is 1. The van der Waals surface area contributed by atoms with Gasteiger partial charge in [0, 0.05) is 31.0 Å². The smallest absolute Gasteiger partial charge is 0.271 e. The van der Waals surface area contributed by atoms with Gasteiger partial charge in [0.05, 0.1) is 35.1 Å². The molecule has 204 valence electrons. The molecule has 3 aromatic carbocycles. The van der Waals surface area contributed by atoms with Crippen LogP contribution in [0.2, 0.25) is 0 Å². The van der Waals surface area contributed by atoms with Gasteiger partial charge in [-0.2, -0.15) is 0 Å². The second-order valence-electron chi connectivity index (χ2n) is 8.23. The van der Waals surface area contributed by atoms with E-state index in [1.807, 2.05) is 0 Å². The molecular weight excluding hydrogens is 545 g/mol. The SMILES string of the molecule is CCS(=O)(=O)c1ccc(C(Oc2ccc(C=NC)cc2F)C(=O)Nc2nc3cc(OC)c(OC)cc3s2)cc1. The maximum absolute atomic E-state index is 14.9. The summed E-state index contributed by atoms with van der Waals surface area (Å²) in [4.78, 5) is 21.9.